The maximum absolute atomic E-state index is 11.6. The zero-order chi connectivity index (χ0) is 11.5. The van der Waals surface area contributed by atoms with Crippen molar-refractivity contribution in [2.24, 2.45) is 0 Å². The van der Waals surface area contributed by atoms with Gasteiger partial charge in [-0.1, -0.05) is 11.6 Å². The molecule has 16 heavy (non-hydrogen) atoms. The molecule has 2 aromatic heterocycles. The number of hydrogen-bond donors (Lipinski definition) is 1. The van der Waals surface area contributed by atoms with Crippen molar-refractivity contribution in [3.63, 3.8) is 0 Å². The van der Waals surface area contributed by atoms with Gasteiger partial charge < -0.3 is 5.32 Å². The molecule has 1 N–H and O–H groups in total. The van der Waals surface area contributed by atoms with E-state index in [9.17, 15) is 4.79 Å². The molecule has 0 fully saturated rings. The minimum atomic E-state index is -0.246. The van der Waals surface area contributed by atoms with Gasteiger partial charge in [0.05, 0.1) is 17.4 Å². The molecule has 0 bridgehead atoms. The Balaban J connectivity index is 2.15. The molecule has 0 aliphatic rings. The van der Waals surface area contributed by atoms with E-state index in [-0.39, 0.29) is 5.91 Å². The molecule has 0 aliphatic carbocycles. The summed E-state index contributed by atoms with van der Waals surface area (Å²) in [6.07, 6.45) is 1.51. The number of carbonyl (C=O) groups excluding carboxylic acids is 1. The van der Waals surface area contributed by atoms with Crippen LogP contribution < -0.4 is 5.32 Å². The second kappa shape index (κ2) is 4.59. The molecule has 0 aliphatic heterocycles. The van der Waals surface area contributed by atoms with Crippen LogP contribution in [-0.2, 0) is 0 Å². The zero-order valence-corrected chi connectivity index (χ0v) is 9.97. The zero-order valence-electron chi connectivity index (χ0n) is 8.40. The Labute approximate surface area is 101 Å². The van der Waals surface area contributed by atoms with E-state index in [0.717, 1.165) is 5.56 Å². The average molecular weight is 254 g/mol. The van der Waals surface area contributed by atoms with Gasteiger partial charge in [0.15, 0.2) is 0 Å². The molecule has 0 saturated heterocycles. The number of aromatic nitrogens is 2. The van der Waals surface area contributed by atoms with Gasteiger partial charge in [-0.05, 0) is 18.6 Å². The van der Waals surface area contributed by atoms with E-state index in [1.54, 1.807) is 17.0 Å². The van der Waals surface area contributed by atoms with Gasteiger partial charge in [-0.25, -0.2) is 9.97 Å². The van der Waals surface area contributed by atoms with Crippen LogP contribution in [0, 0.1) is 6.92 Å². The number of amides is 1. The second-order valence-electron chi connectivity index (χ2n) is 3.16. The number of halogens is 1. The van der Waals surface area contributed by atoms with E-state index in [0.29, 0.717) is 16.5 Å². The van der Waals surface area contributed by atoms with Crippen LogP contribution in [0.2, 0.25) is 5.15 Å². The van der Waals surface area contributed by atoms with E-state index in [1.165, 1.54) is 17.5 Å². The second-order valence-corrected chi connectivity index (χ2v) is 4.24. The Morgan fingerprint density at radius 1 is 1.50 bits per heavy atom. The summed E-state index contributed by atoms with van der Waals surface area (Å²) in [5.41, 5.74) is 3.44. The first-order valence-corrected chi connectivity index (χ1v) is 5.80. The number of nitrogens with one attached hydrogen (secondary N) is 1. The quantitative estimate of drug-likeness (QED) is 0.838. The van der Waals surface area contributed by atoms with E-state index >= 15 is 0 Å². The predicted molar refractivity (Wildman–Crippen MR) is 64.1 cm³/mol. The molecule has 1 amide bonds. The fraction of sp³-hybridized carbons (Fsp3) is 0.100. The Morgan fingerprint density at radius 3 is 2.94 bits per heavy atom. The van der Waals surface area contributed by atoms with Crippen LogP contribution in [0.1, 0.15) is 16.1 Å². The van der Waals surface area contributed by atoms with Gasteiger partial charge in [-0.2, -0.15) is 0 Å². The van der Waals surface area contributed by atoms with Crippen LogP contribution in [-0.4, -0.2) is 15.9 Å². The number of nitrogens with zero attached hydrogens (tertiary/aromatic N) is 2. The monoisotopic (exact) mass is 253 g/mol. The molecule has 2 aromatic rings. The van der Waals surface area contributed by atoms with Crippen LogP contribution in [0.3, 0.4) is 0 Å². The number of anilines is 1. The number of pyridine rings is 1. The lowest BCUT2D eigenvalue weighted by Gasteiger charge is -2.04. The van der Waals surface area contributed by atoms with Crippen molar-refractivity contribution in [3.8, 4) is 0 Å². The highest BCUT2D eigenvalue weighted by atomic mass is 35.5. The van der Waals surface area contributed by atoms with Gasteiger partial charge in [0.2, 0.25) is 0 Å². The minimum absolute atomic E-state index is 0.246. The maximum Gasteiger partial charge on any atom is 0.275 e. The smallest absolute Gasteiger partial charge is 0.275 e. The largest absolute Gasteiger partial charge is 0.319 e. The third kappa shape index (κ3) is 2.37. The number of thiazole rings is 1. The van der Waals surface area contributed by atoms with Crippen molar-refractivity contribution in [1.82, 2.24) is 9.97 Å². The summed E-state index contributed by atoms with van der Waals surface area (Å²) in [5.74, 6) is -0.246. The van der Waals surface area contributed by atoms with Crippen molar-refractivity contribution in [2.75, 3.05) is 5.32 Å². The van der Waals surface area contributed by atoms with Gasteiger partial charge in [0.25, 0.3) is 5.91 Å². The SMILES string of the molecule is Cc1cc(NC(=O)c2cscn2)cnc1Cl. The average Bonchev–Trinajstić information content (AvgIpc) is 2.77. The Morgan fingerprint density at radius 2 is 2.31 bits per heavy atom. The first kappa shape index (κ1) is 11.0. The summed E-state index contributed by atoms with van der Waals surface area (Å²) in [6.45, 7) is 1.83. The van der Waals surface area contributed by atoms with Crippen LogP contribution in [0.4, 0.5) is 5.69 Å². The predicted octanol–water partition coefficient (Wildman–Crippen LogP) is 2.75. The standard InChI is InChI=1S/C10H8ClN3OS/c1-6-2-7(3-12-9(6)11)14-10(15)8-4-16-5-13-8/h2-5H,1H3,(H,14,15). The van der Waals surface area contributed by atoms with Crippen molar-refractivity contribution in [3.05, 3.63) is 39.6 Å². The summed E-state index contributed by atoms with van der Waals surface area (Å²) < 4.78 is 0. The lowest BCUT2D eigenvalue weighted by Crippen LogP contribution is -2.12. The molecule has 2 rings (SSSR count). The number of rotatable bonds is 2. The first-order chi connectivity index (χ1) is 7.66. The summed E-state index contributed by atoms with van der Waals surface area (Å²) in [4.78, 5) is 19.5. The molecule has 0 aromatic carbocycles. The fourth-order valence-electron chi connectivity index (χ4n) is 1.15. The molecule has 0 radical (unpaired) electrons. The number of hydrogen-bond acceptors (Lipinski definition) is 4. The fourth-order valence-corrected chi connectivity index (χ4v) is 1.78. The first-order valence-electron chi connectivity index (χ1n) is 4.48. The molecule has 2 heterocycles. The van der Waals surface area contributed by atoms with Gasteiger partial charge in [0, 0.05) is 5.38 Å². The van der Waals surface area contributed by atoms with E-state index in [4.69, 9.17) is 11.6 Å². The van der Waals surface area contributed by atoms with Crippen LogP contribution in [0.25, 0.3) is 0 Å². The third-order valence-electron chi connectivity index (χ3n) is 1.94. The molecule has 0 saturated carbocycles. The Hall–Kier alpha value is -1.46. The molecule has 0 unspecified atom stereocenters. The molecule has 0 atom stereocenters. The molecule has 6 heteroatoms. The number of aryl methyl sites for hydroxylation is 1. The van der Waals surface area contributed by atoms with Crippen molar-refractivity contribution in [2.45, 2.75) is 6.92 Å². The molecule has 4 nitrogen and oxygen atoms in total. The molecule has 0 spiro atoms. The lowest BCUT2D eigenvalue weighted by atomic mass is 10.3. The summed E-state index contributed by atoms with van der Waals surface area (Å²) in [5, 5.41) is 4.82. The minimum Gasteiger partial charge on any atom is -0.319 e. The highest BCUT2D eigenvalue weighted by Gasteiger charge is 2.08. The van der Waals surface area contributed by atoms with Crippen molar-refractivity contribution >= 4 is 34.5 Å². The molecule has 82 valence electrons. The van der Waals surface area contributed by atoms with Crippen LogP contribution in [0.5, 0.6) is 0 Å². The van der Waals surface area contributed by atoms with E-state index < -0.39 is 0 Å². The van der Waals surface area contributed by atoms with E-state index in [2.05, 4.69) is 15.3 Å². The normalized spacial score (nSPS) is 10.1. The highest BCUT2D eigenvalue weighted by molar-refractivity contribution is 7.07. The molecular weight excluding hydrogens is 246 g/mol. The maximum atomic E-state index is 11.6. The van der Waals surface area contributed by atoms with Gasteiger partial charge in [-0.3, -0.25) is 4.79 Å². The highest BCUT2D eigenvalue weighted by Crippen LogP contribution is 2.16. The lowest BCUT2D eigenvalue weighted by molar-refractivity contribution is 0.102. The Bertz CT molecular complexity index is 513. The summed E-state index contributed by atoms with van der Waals surface area (Å²) >= 11 is 7.16. The topological polar surface area (TPSA) is 54.9 Å². The summed E-state index contributed by atoms with van der Waals surface area (Å²) in [6, 6.07) is 1.76. The van der Waals surface area contributed by atoms with Crippen LogP contribution >= 0.6 is 22.9 Å². The number of carbonyl (C=O) groups is 1. The van der Waals surface area contributed by atoms with Gasteiger partial charge >= 0.3 is 0 Å². The van der Waals surface area contributed by atoms with Crippen LogP contribution in [0.15, 0.2) is 23.2 Å². The van der Waals surface area contributed by atoms with Gasteiger partial charge in [-0.15, -0.1) is 11.3 Å². The molecular formula is C10H8ClN3OS. The third-order valence-corrected chi connectivity index (χ3v) is 2.92. The van der Waals surface area contributed by atoms with Crippen molar-refractivity contribution in [1.29, 1.82) is 0 Å². The van der Waals surface area contributed by atoms with E-state index in [1.807, 2.05) is 6.92 Å². The van der Waals surface area contributed by atoms with Gasteiger partial charge in [0.1, 0.15) is 10.8 Å². The van der Waals surface area contributed by atoms with Crippen molar-refractivity contribution < 1.29 is 4.79 Å². The Kier molecular flexibility index (Phi) is 3.17. The summed E-state index contributed by atoms with van der Waals surface area (Å²) in [7, 11) is 0.